The van der Waals surface area contributed by atoms with Crippen molar-refractivity contribution in [1.29, 1.82) is 0 Å². The Morgan fingerprint density at radius 1 is 1.10 bits per heavy atom. The van der Waals surface area contributed by atoms with E-state index in [4.69, 9.17) is 16.3 Å². The summed E-state index contributed by atoms with van der Waals surface area (Å²) < 4.78 is 33.1. The molecule has 29 heavy (non-hydrogen) atoms. The minimum Gasteiger partial charge on any atom is -0.495 e. The fraction of sp³-hybridized carbons (Fsp3) is 0.381. The summed E-state index contributed by atoms with van der Waals surface area (Å²) in [7, 11) is -2.47. The van der Waals surface area contributed by atoms with Crippen molar-refractivity contribution in [2.45, 2.75) is 30.7 Å². The Kier molecular flexibility index (Phi) is 7.16. The smallest absolute Gasteiger partial charge is 0.243 e. The van der Waals surface area contributed by atoms with Gasteiger partial charge in [0, 0.05) is 19.6 Å². The highest BCUT2D eigenvalue weighted by atomic mass is 35.5. The van der Waals surface area contributed by atoms with Crippen LogP contribution in [0.15, 0.2) is 53.4 Å². The Morgan fingerprint density at radius 2 is 1.79 bits per heavy atom. The topological polar surface area (TPSA) is 66.9 Å². The second-order valence-corrected chi connectivity index (χ2v) is 9.34. The van der Waals surface area contributed by atoms with Crippen molar-refractivity contribution in [3.05, 3.63) is 59.1 Å². The van der Waals surface area contributed by atoms with Crippen LogP contribution in [0.25, 0.3) is 0 Å². The number of likely N-dealkylation sites (tertiary alicyclic amines) is 1. The molecular weight excluding hydrogens is 412 g/mol. The first-order chi connectivity index (χ1) is 13.9. The molecule has 1 aliphatic heterocycles. The van der Waals surface area contributed by atoms with Gasteiger partial charge in [0.15, 0.2) is 0 Å². The standard InChI is InChI=1S/C21H25ClN2O4S/c1-28-20-11-10-18(14-19(20)22)29(26,27)24(15-17-8-4-2-5-9-17)16-21(25)23-12-6-3-7-13-23/h2,4-5,8-11,14H,3,6-7,12-13,15-16H2,1H3. The van der Waals surface area contributed by atoms with Crippen LogP contribution in [-0.4, -0.2) is 50.3 Å². The van der Waals surface area contributed by atoms with E-state index in [0.29, 0.717) is 18.8 Å². The van der Waals surface area contributed by atoms with Crippen molar-refractivity contribution in [3.63, 3.8) is 0 Å². The molecule has 1 heterocycles. The zero-order valence-electron chi connectivity index (χ0n) is 16.4. The van der Waals surface area contributed by atoms with Crippen LogP contribution in [0.5, 0.6) is 5.75 Å². The van der Waals surface area contributed by atoms with E-state index in [9.17, 15) is 13.2 Å². The average molecular weight is 437 g/mol. The predicted molar refractivity (Wildman–Crippen MR) is 112 cm³/mol. The first kappa shape index (κ1) is 21.6. The molecule has 0 aliphatic carbocycles. The van der Waals surface area contributed by atoms with Crippen molar-refractivity contribution in [1.82, 2.24) is 9.21 Å². The van der Waals surface area contributed by atoms with Gasteiger partial charge in [0.25, 0.3) is 0 Å². The number of halogens is 1. The molecule has 0 aromatic heterocycles. The monoisotopic (exact) mass is 436 g/mol. The van der Waals surface area contributed by atoms with Gasteiger partial charge >= 0.3 is 0 Å². The Morgan fingerprint density at radius 3 is 2.41 bits per heavy atom. The minimum absolute atomic E-state index is 0.0330. The van der Waals surface area contributed by atoms with Crippen LogP contribution < -0.4 is 4.74 Å². The molecule has 2 aromatic rings. The van der Waals surface area contributed by atoms with Gasteiger partial charge in [0.05, 0.1) is 23.6 Å². The number of carbonyl (C=O) groups excluding carboxylic acids is 1. The number of hydrogen-bond donors (Lipinski definition) is 0. The summed E-state index contributed by atoms with van der Waals surface area (Å²) >= 11 is 6.14. The summed E-state index contributed by atoms with van der Waals surface area (Å²) in [5, 5.41) is 0.204. The van der Waals surface area contributed by atoms with Gasteiger partial charge in [0.2, 0.25) is 15.9 Å². The molecule has 6 nitrogen and oxygen atoms in total. The lowest BCUT2D eigenvalue weighted by Crippen LogP contribution is -2.44. The van der Waals surface area contributed by atoms with Gasteiger partial charge in [-0.2, -0.15) is 4.31 Å². The maximum absolute atomic E-state index is 13.4. The number of benzene rings is 2. The molecule has 0 N–H and O–H groups in total. The minimum atomic E-state index is -3.93. The second-order valence-electron chi connectivity index (χ2n) is 7.00. The number of hydrogen-bond acceptors (Lipinski definition) is 4. The molecule has 156 valence electrons. The molecule has 2 aromatic carbocycles. The van der Waals surface area contributed by atoms with Gasteiger partial charge in [0.1, 0.15) is 5.75 Å². The number of rotatable bonds is 7. The van der Waals surface area contributed by atoms with Gasteiger partial charge in [-0.15, -0.1) is 0 Å². The zero-order valence-corrected chi connectivity index (χ0v) is 18.0. The van der Waals surface area contributed by atoms with Crippen LogP contribution in [0, 0.1) is 0 Å². The summed E-state index contributed by atoms with van der Waals surface area (Å²) in [6.45, 7) is 1.24. The number of nitrogens with zero attached hydrogens (tertiary/aromatic N) is 2. The molecule has 3 rings (SSSR count). The van der Waals surface area contributed by atoms with Gasteiger partial charge < -0.3 is 9.64 Å². The molecular formula is C21H25ClN2O4S. The maximum atomic E-state index is 13.4. The Hall–Kier alpha value is -2.09. The van der Waals surface area contributed by atoms with Crippen LogP contribution in [0.4, 0.5) is 0 Å². The zero-order chi connectivity index (χ0) is 20.9. The van der Waals surface area contributed by atoms with Crippen LogP contribution in [0.1, 0.15) is 24.8 Å². The van der Waals surface area contributed by atoms with Gasteiger partial charge in [-0.3, -0.25) is 4.79 Å². The summed E-state index contributed by atoms with van der Waals surface area (Å²) in [6.07, 6.45) is 3.00. The highest BCUT2D eigenvalue weighted by molar-refractivity contribution is 7.89. The number of methoxy groups -OCH3 is 1. The molecule has 8 heteroatoms. The second kappa shape index (κ2) is 9.61. The third-order valence-corrected chi connectivity index (χ3v) is 7.07. The number of piperidine rings is 1. The van der Waals surface area contributed by atoms with Crippen LogP contribution in [0.3, 0.4) is 0 Å². The van der Waals surface area contributed by atoms with E-state index in [-0.39, 0.29) is 28.9 Å². The summed E-state index contributed by atoms with van der Waals surface area (Å²) in [5.74, 6) is 0.216. The van der Waals surface area contributed by atoms with E-state index < -0.39 is 10.0 Å². The number of sulfonamides is 1. The lowest BCUT2D eigenvalue weighted by atomic mass is 10.1. The van der Waals surface area contributed by atoms with Crippen molar-refractivity contribution >= 4 is 27.5 Å². The third-order valence-electron chi connectivity index (χ3n) is 4.98. The van der Waals surface area contributed by atoms with E-state index >= 15 is 0 Å². The van der Waals surface area contributed by atoms with Gasteiger partial charge in [-0.25, -0.2) is 8.42 Å². The molecule has 1 saturated heterocycles. The first-order valence-corrected chi connectivity index (χ1v) is 11.4. The molecule has 1 aliphatic rings. The van der Waals surface area contributed by atoms with Crippen LogP contribution in [-0.2, 0) is 21.4 Å². The third kappa shape index (κ3) is 5.29. The molecule has 0 saturated carbocycles. The van der Waals surface area contributed by atoms with Crippen molar-refractivity contribution in [2.24, 2.45) is 0 Å². The maximum Gasteiger partial charge on any atom is 0.243 e. The van der Waals surface area contributed by atoms with Crippen LogP contribution >= 0.6 is 11.6 Å². The summed E-state index contributed by atoms with van der Waals surface area (Å²) in [6, 6.07) is 13.6. The molecule has 1 amide bonds. The van der Waals surface area contributed by atoms with E-state index in [0.717, 1.165) is 24.8 Å². The SMILES string of the molecule is COc1ccc(S(=O)(=O)N(CC(=O)N2CCCCC2)Cc2ccccc2)cc1Cl. The highest BCUT2D eigenvalue weighted by Crippen LogP contribution is 2.29. The number of carbonyl (C=O) groups is 1. The highest BCUT2D eigenvalue weighted by Gasteiger charge is 2.29. The normalized spacial score (nSPS) is 14.8. The lowest BCUT2D eigenvalue weighted by molar-refractivity contribution is -0.132. The summed E-state index contributed by atoms with van der Waals surface area (Å²) in [5.41, 5.74) is 0.808. The molecule has 1 fully saturated rings. The van der Waals surface area contributed by atoms with E-state index in [1.807, 2.05) is 30.3 Å². The molecule has 0 bridgehead atoms. The van der Waals surface area contributed by atoms with Crippen molar-refractivity contribution in [2.75, 3.05) is 26.7 Å². The van der Waals surface area contributed by atoms with Gasteiger partial charge in [-0.05, 0) is 43.0 Å². The Bertz CT molecular complexity index is 944. The summed E-state index contributed by atoms with van der Waals surface area (Å²) in [4.78, 5) is 14.6. The Labute approximate surface area is 177 Å². The predicted octanol–water partition coefficient (Wildman–Crippen LogP) is 3.55. The van der Waals surface area contributed by atoms with E-state index in [1.54, 1.807) is 4.90 Å². The van der Waals surface area contributed by atoms with E-state index in [2.05, 4.69) is 0 Å². The first-order valence-electron chi connectivity index (χ1n) is 9.57. The molecule has 0 atom stereocenters. The number of ether oxygens (including phenoxy) is 1. The fourth-order valence-corrected chi connectivity index (χ4v) is 5.09. The van der Waals surface area contributed by atoms with Crippen molar-refractivity contribution < 1.29 is 17.9 Å². The Balaban J connectivity index is 1.90. The molecule has 0 unspecified atom stereocenters. The van der Waals surface area contributed by atoms with Crippen LogP contribution in [0.2, 0.25) is 5.02 Å². The molecule has 0 radical (unpaired) electrons. The quantitative estimate of drug-likeness (QED) is 0.665. The lowest BCUT2D eigenvalue weighted by Gasteiger charge is -2.30. The van der Waals surface area contributed by atoms with Crippen molar-refractivity contribution in [3.8, 4) is 5.75 Å². The fourth-order valence-electron chi connectivity index (χ4n) is 3.36. The van der Waals surface area contributed by atoms with E-state index in [1.165, 1.54) is 29.6 Å². The number of amides is 1. The largest absolute Gasteiger partial charge is 0.495 e. The molecule has 0 spiro atoms. The average Bonchev–Trinajstić information content (AvgIpc) is 2.74. The van der Waals surface area contributed by atoms with Gasteiger partial charge in [-0.1, -0.05) is 41.9 Å².